The maximum absolute atomic E-state index is 5.04. The van der Waals surface area contributed by atoms with Gasteiger partial charge in [-0.1, -0.05) is 164 Å². The van der Waals surface area contributed by atoms with Gasteiger partial charge in [-0.05, 0) is 69.4 Å². The fraction of sp³-hybridized carbons (Fsp3) is 0. The molecule has 8 aromatic carbocycles. The molecule has 10 aromatic rings. The number of hydrogen-bond acceptors (Lipinski definition) is 2. The summed E-state index contributed by atoms with van der Waals surface area (Å²) in [6, 6.07) is 71.0. The first kappa shape index (κ1) is 30.7. The lowest BCUT2D eigenvalue weighted by Crippen LogP contribution is -1.95. The standard InChI is InChI=1S/C50H33N3/c1-3-13-36(14-4-1)46-33-47(52-50(51-46)38-15-5-2-6-16-38)37-28-25-35(26-29-37)42-22-12-17-34-27-30-40(32-45(34)42)39-18-11-19-41(31-39)53-48-23-9-7-20-43(48)44-21-8-10-24-49(44)53/h1-33H. The second-order valence-electron chi connectivity index (χ2n) is 13.4. The Kier molecular flexibility index (Phi) is 7.47. The second-order valence-corrected chi connectivity index (χ2v) is 13.4. The SMILES string of the molecule is c1ccc(-c2cc(-c3ccc(-c4cccc5ccc(-c6cccc(-n7c8ccccc8c8ccccc87)c6)cc45)cc3)nc(-c3ccccc3)n2)cc1. The number of benzene rings is 8. The molecule has 0 radical (unpaired) electrons. The smallest absolute Gasteiger partial charge is 0.160 e. The average Bonchev–Trinajstić information content (AvgIpc) is 3.58. The summed E-state index contributed by atoms with van der Waals surface area (Å²) < 4.78 is 2.38. The molecule has 0 atom stereocenters. The Morgan fingerprint density at radius 1 is 0.321 bits per heavy atom. The van der Waals surface area contributed by atoms with Gasteiger partial charge >= 0.3 is 0 Å². The van der Waals surface area contributed by atoms with Crippen LogP contribution in [0, 0.1) is 0 Å². The lowest BCUT2D eigenvalue weighted by atomic mass is 9.94. The predicted molar refractivity (Wildman–Crippen MR) is 221 cm³/mol. The first-order valence-corrected chi connectivity index (χ1v) is 18.0. The molecule has 10 rings (SSSR count). The number of rotatable bonds is 6. The fourth-order valence-corrected chi connectivity index (χ4v) is 7.62. The van der Waals surface area contributed by atoms with Crippen LogP contribution >= 0.6 is 0 Å². The molecule has 0 saturated heterocycles. The third-order valence-corrected chi connectivity index (χ3v) is 10.2. The third-order valence-electron chi connectivity index (χ3n) is 10.2. The van der Waals surface area contributed by atoms with E-state index in [1.807, 2.05) is 36.4 Å². The Morgan fingerprint density at radius 3 is 1.55 bits per heavy atom. The Hall–Kier alpha value is -7.10. The van der Waals surface area contributed by atoms with Crippen LogP contribution in [-0.2, 0) is 0 Å². The molecule has 0 amide bonds. The van der Waals surface area contributed by atoms with E-state index in [0.29, 0.717) is 0 Å². The van der Waals surface area contributed by atoms with Crippen molar-refractivity contribution in [1.82, 2.24) is 14.5 Å². The van der Waals surface area contributed by atoms with Gasteiger partial charge in [-0.2, -0.15) is 0 Å². The van der Waals surface area contributed by atoms with Crippen LogP contribution in [-0.4, -0.2) is 14.5 Å². The van der Waals surface area contributed by atoms with E-state index in [1.165, 1.54) is 49.3 Å². The number of para-hydroxylation sites is 2. The van der Waals surface area contributed by atoms with E-state index in [0.717, 1.165) is 45.2 Å². The van der Waals surface area contributed by atoms with Crippen molar-refractivity contribution in [2.75, 3.05) is 0 Å². The first-order chi connectivity index (χ1) is 26.3. The highest BCUT2D eigenvalue weighted by Crippen LogP contribution is 2.36. The molecule has 0 spiro atoms. The average molecular weight is 676 g/mol. The van der Waals surface area contributed by atoms with Crippen LogP contribution in [0.3, 0.4) is 0 Å². The van der Waals surface area contributed by atoms with Gasteiger partial charge in [0.25, 0.3) is 0 Å². The minimum Gasteiger partial charge on any atom is -0.309 e. The largest absolute Gasteiger partial charge is 0.309 e. The highest BCUT2D eigenvalue weighted by atomic mass is 15.0. The quantitative estimate of drug-likeness (QED) is 0.176. The van der Waals surface area contributed by atoms with Gasteiger partial charge < -0.3 is 4.57 Å². The zero-order valence-electron chi connectivity index (χ0n) is 28.9. The lowest BCUT2D eigenvalue weighted by Gasteiger charge is -2.13. The van der Waals surface area contributed by atoms with Gasteiger partial charge in [0.2, 0.25) is 0 Å². The first-order valence-electron chi connectivity index (χ1n) is 18.0. The van der Waals surface area contributed by atoms with Crippen LogP contribution in [0.15, 0.2) is 200 Å². The van der Waals surface area contributed by atoms with Crippen molar-refractivity contribution >= 4 is 32.6 Å². The van der Waals surface area contributed by atoms with Gasteiger partial charge in [-0.25, -0.2) is 9.97 Å². The van der Waals surface area contributed by atoms with Crippen molar-refractivity contribution in [1.29, 1.82) is 0 Å². The van der Waals surface area contributed by atoms with Crippen molar-refractivity contribution in [3.8, 4) is 61.8 Å². The topological polar surface area (TPSA) is 30.7 Å². The van der Waals surface area contributed by atoms with E-state index in [9.17, 15) is 0 Å². The summed E-state index contributed by atoms with van der Waals surface area (Å²) in [5.74, 6) is 0.717. The van der Waals surface area contributed by atoms with Gasteiger partial charge in [0.15, 0.2) is 5.82 Å². The molecule has 248 valence electrons. The van der Waals surface area contributed by atoms with Gasteiger partial charge in [-0.3, -0.25) is 0 Å². The summed E-state index contributed by atoms with van der Waals surface area (Å²) in [5.41, 5.74) is 13.2. The minimum absolute atomic E-state index is 0.717. The van der Waals surface area contributed by atoms with Crippen LogP contribution in [0.2, 0.25) is 0 Å². The fourth-order valence-electron chi connectivity index (χ4n) is 7.62. The normalized spacial score (nSPS) is 11.4. The summed E-state index contributed by atoms with van der Waals surface area (Å²) in [5, 5.41) is 4.97. The number of hydrogen-bond donors (Lipinski definition) is 0. The molecule has 0 unspecified atom stereocenters. The van der Waals surface area contributed by atoms with E-state index < -0.39 is 0 Å². The van der Waals surface area contributed by atoms with E-state index in [2.05, 4.69) is 168 Å². The van der Waals surface area contributed by atoms with E-state index in [4.69, 9.17) is 9.97 Å². The number of nitrogens with zero attached hydrogens (tertiary/aromatic N) is 3. The molecular weight excluding hydrogens is 643 g/mol. The number of aromatic nitrogens is 3. The van der Waals surface area contributed by atoms with E-state index in [-0.39, 0.29) is 0 Å². The van der Waals surface area contributed by atoms with E-state index >= 15 is 0 Å². The van der Waals surface area contributed by atoms with Gasteiger partial charge in [0, 0.05) is 33.2 Å². The monoisotopic (exact) mass is 675 g/mol. The van der Waals surface area contributed by atoms with Crippen molar-refractivity contribution in [2.45, 2.75) is 0 Å². The van der Waals surface area contributed by atoms with Gasteiger partial charge in [0.1, 0.15) is 0 Å². The molecule has 3 nitrogen and oxygen atoms in total. The van der Waals surface area contributed by atoms with Crippen LogP contribution < -0.4 is 0 Å². The molecule has 0 aliphatic rings. The zero-order valence-corrected chi connectivity index (χ0v) is 28.9. The van der Waals surface area contributed by atoms with Crippen molar-refractivity contribution in [3.63, 3.8) is 0 Å². The van der Waals surface area contributed by atoms with Crippen molar-refractivity contribution < 1.29 is 0 Å². The minimum atomic E-state index is 0.717. The van der Waals surface area contributed by atoms with Crippen LogP contribution in [0.25, 0.3) is 94.4 Å². The predicted octanol–water partition coefficient (Wildman–Crippen LogP) is 13.1. The molecule has 0 aliphatic heterocycles. The molecule has 0 bridgehead atoms. The highest BCUT2D eigenvalue weighted by Gasteiger charge is 2.14. The number of fused-ring (bicyclic) bond motifs is 4. The summed E-state index contributed by atoms with van der Waals surface area (Å²) >= 11 is 0. The molecule has 0 fully saturated rings. The molecule has 53 heavy (non-hydrogen) atoms. The highest BCUT2D eigenvalue weighted by molar-refractivity contribution is 6.09. The Balaban J connectivity index is 1.03. The summed E-state index contributed by atoms with van der Waals surface area (Å²) in [6.07, 6.45) is 0. The molecule has 2 aromatic heterocycles. The van der Waals surface area contributed by atoms with Crippen LogP contribution in [0.4, 0.5) is 0 Å². The molecule has 0 aliphatic carbocycles. The van der Waals surface area contributed by atoms with Crippen LogP contribution in [0.5, 0.6) is 0 Å². The molecule has 0 N–H and O–H groups in total. The lowest BCUT2D eigenvalue weighted by molar-refractivity contribution is 1.18. The van der Waals surface area contributed by atoms with Crippen molar-refractivity contribution in [3.05, 3.63) is 200 Å². The maximum atomic E-state index is 5.04. The van der Waals surface area contributed by atoms with Crippen molar-refractivity contribution in [2.24, 2.45) is 0 Å². The van der Waals surface area contributed by atoms with E-state index in [1.54, 1.807) is 0 Å². The molecule has 3 heteroatoms. The Labute approximate surface area is 308 Å². The van der Waals surface area contributed by atoms with Crippen LogP contribution in [0.1, 0.15) is 0 Å². The summed E-state index contributed by atoms with van der Waals surface area (Å²) in [7, 11) is 0. The Bertz CT molecular complexity index is 2810. The summed E-state index contributed by atoms with van der Waals surface area (Å²) in [4.78, 5) is 10.0. The molecule has 2 heterocycles. The zero-order chi connectivity index (χ0) is 35.1. The molecular formula is C50H33N3. The second kappa shape index (κ2) is 12.9. The summed E-state index contributed by atoms with van der Waals surface area (Å²) in [6.45, 7) is 0. The van der Waals surface area contributed by atoms with Gasteiger partial charge in [-0.15, -0.1) is 0 Å². The molecule has 0 saturated carbocycles. The maximum Gasteiger partial charge on any atom is 0.160 e. The third kappa shape index (κ3) is 5.56. The Morgan fingerprint density at radius 2 is 0.849 bits per heavy atom. The van der Waals surface area contributed by atoms with Gasteiger partial charge in [0.05, 0.1) is 22.4 Å².